The molecule has 2 aliphatic rings. The van der Waals surface area contributed by atoms with E-state index in [1.807, 2.05) is 20.8 Å². The Hall–Kier alpha value is -0.930. The van der Waals surface area contributed by atoms with Gasteiger partial charge in [0.2, 0.25) is 0 Å². The van der Waals surface area contributed by atoms with Crippen molar-refractivity contribution in [3.8, 4) is 0 Å². The van der Waals surface area contributed by atoms with Crippen LogP contribution < -0.4 is 0 Å². The minimum Gasteiger partial charge on any atom is -0.392 e. The van der Waals surface area contributed by atoms with E-state index in [1.165, 1.54) is 6.08 Å². The first-order valence-corrected chi connectivity index (χ1v) is 6.55. The van der Waals surface area contributed by atoms with Crippen LogP contribution >= 0.6 is 0 Å². The highest BCUT2D eigenvalue weighted by Crippen LogP contribution is 2.55. The number of carbonyl (C=O) groups excluding carboxylic acids is 1. The van der Waals surface area contributed by atoms with Gasteiger partial charge in [0.15, 0.2) is 5.78 Å². The highest BCUT2D eigenvalue weighted by atomic mass is 16.3. The van der Waals surface area contributed by atoms with E-state index in [4.69, 9.17) is 0 Å². The van der Waals surface area contributed by atoms with Crippen LogP contribution in [0.2, 0.25) is 0 Å². The average Bonchev–Trinajstić information content (AvgIpc) is 2.64. The molecule has 1 fully saturated rings. The summed E-state index contributed by atoms with van der Waals surface area (Å²) in [7, 11) is 0. The van der Waals surface area contributed by atoms with Crippen molar-refractivity contribution < 1.29 is 15.0 Å². The van der Waals surface area contributed by atoms with Gasteiger partial charge in [-0.2, -0.15) is 0 Å². The first kappa shape index (κ1) is 13.5. The van der Waals surface area contributed by atoms with Crippen LogP contribution in [0.15, 0.2) is 23.8 Å². The van der Waals surface area contributed by atoms with Gasteiger partial charge in [-0.05, 0) is 38.7 Å². The Labute approximate surface area is 108 Å². The molecule has 1 saturated carbocycles. The molecule has 100 valence electrons. The molecule has 3 nitrogen and oxygen atoms in total. The first-order chi connectivity index (χ1) is 8.30. The van der Waals surface area contributed by atoms with Crippen LogP contribution in [0.25, 0.3) is 0 Å². The number of hydrogen-bond donors (Lipinski definition) is 2. The lowest BCUT2D eigenvalue weighted by atomic mass is 9.62. The fourth-order valence-electron chi connectivity index (χ4n) is 3.72. The van der Waals surface area contributed by atoms with E-state index in [0.717, 1.165) is 17.6 Å². The van der Waals surface area contributed by atoms with Crippen LogP contribution in [0.4, 0.5) is 0 Å². The molecule has 2 rings (SSSR count). The van der Waals surface area contributed by atoms with Crippen molar-refractivity contribution >= 4 is 5.78 Å². The van der Waals surface area contributed by atoms with E-state index in [9.17, 15) is 15.0 Å². The molecule has 0 aromatic carbocycles. The summed E-state index contributed by atoms with van der Waals surface area (Å²) in [4.78, 5) is 11.7. The monoisotopic (exact) mass is 250 g/mol. The maximum absolute atomic E-state index is 11.7. The van der Waals surface area contributed by atoms with Gasteiger partial charge in [0.1, 0.15) is 6.10 Å². The summed E-state index contributed by atoms with van der Waals surface area (Å²) in [6.45, 7) is 9.71. The van der Waals surface area contributed by atoms with Crippen molar-refractivity contribution in [1.29, 1.82) is 0 Å². The number of rotatable bonds is 1. The summed E-state index contributed by atoms with van der Waals surface area (Å²) in [5.74, 6) is -0.211. The highest BCUT2D eigenvalue weighted by Gasteiger charge is 2.55. The number of aliphatic hydroxyl groups excluding tert-OH is 2. The van der Waals surface area contributed by atoms with E-state index >= 15 is 0 Å². The normalized spacial score (nSPS) is 44.3. The summed E-state index contributed by atoms with van der Waals surface area (Å²) < 4.78 is 0. The van der Waals surface area contributed by atoms with Crippen molar-refractivity contribution in [2.24, 2.45) is 17.3 Å². The fourth-order valence-corrected chi connectivity index (χ4v) is 3.72. The zero-order chi connectivity index (χ0) is 13.7. The predicted molar refractivity (Wildman–Crippen MR) is 69.9 cm³/mol. The minimum absolute atomic E-state index is 0.239. The number of aliphatic hydroxyl groups is 2. The van der Waals surface area contributed by atoms with Gasteiger partial charge < -0.3 is 10.2 Å². The second kappa shape index (κ2) is 4.32. The Morgan fingerprint density at radius 2 is 2.11 bits per heavy atom. The van der Waals surface area contributed by atoms with E-state index in [2.05, 4.69) is 6.58 Å². The molecule has 0 aliphatic heterocycles. The van der Waals surface area contributed by atoms with Gasteiger partial charge in [-0.15, -0.1) is 0 Å². The zero-order valence-electron chi connectivity index (χ0n) is 11.3. The van der Waals surface area contributed by atoms with Gasteiger partial charge in [-0.25, -0.2) is 0 Å². The van der Waals surface area contributed by atoms with Crippen LogP contribution in [-0.2, 0) is 4.79 Å². The van der Waals surface area contributed by atoms with E-state index in [1.54, 1.807) is 0 Å². The van der Waals surface area contributed by atoms with Crippen molar-refractivity contribution in [3.63, 3.8) is 0 Å². The Morgan fingerprint density at radius 1 is 1.50 bits per heavy atom. The molecule has 1 spiro atoms. The maximum Gasteiger partial charge on any atom is 0.184 e. The molecule has 0 aromatic heterocycles. The molecule has 0 unspecified atom stereocenters. The zero-order valence-corrected chi connectivity index (χ0v) is 11.3. The second-order valence-corrected chi connectivity index (χ2v) is 6.00. The van der Waals surface area contributed by atoms with Crippen molar-refractivity contribution in [1.82, 2.24) is 0 Å². The van der Waals surface area contributed by atoms with Crippen LogP contribution in [0.3, 0.4) is 0 Å². The summed E-state index contributed by atoms with van der Waals surface area (Å²) in [5, 5.41) is 20.5. The molecule has 0 aromatic rings. The van der Waals surface area contributed by atoms with Crippen molar-refractivity contribution in [3.05, 3.63) is 23.8 Å². The third kappa shape index (κ3) is 1.69. The Kier molecular flexibility index (Phi) is 3.24. The molecule has 0 amide bonds. The Bertz CT molecular complexity index is 423. The number of carbonyl (C=O) groups is 1. The molecule has 0 bridgehead atoms. The van der Waals surface area contributed by atoms with Gasteiger partial charge in [-0.1, -0.05) is 24.6 Å². The van der Waals surface area contributed by atoms with Gasteiger partial charge in [0.05, 0.1) is 6.10 Å². The molecule has 2 aliphatic carbocycles. The number of ketones is 1. The standard InChI is InChI=1S/C15H22O3/c1-8(2)11-6-13(17)15(7-11)9(3)5-12(16)14(18)10(15)4/h5,10-11,13-14,17-18H,1,6-7H2,2-4H3/t10-,11-,13-,14-,15-/m1/s1. The second-order valence-electron chi connectivity index (χ2n) is 6.00. The van der Waals surface area contributed by atoms with E-state index in [0.29, 0.717) is 6.42 Å². The van der Waals surface area contributed by atoms with E-state index in [-0.39, 0.29) is 17.6 Å². The van der Waals surface area contributed by atoms with Gasteiger partial charge in [0.25, 0.3) is 0 Å². The SMILES string of the molecule is C=C(C)[C@@H]1C[C@@H](O)[C@]2(C1)C(C)=CC(=O)[C@H](O)[C@H]2C. The molecule has 5 atom stereocenters. The maximum atomic E-state index is 11.7. The lowest BCUT2D eigenvalue weighted by Crippen LogP contribution is -2.48. The molecule has 18 heavy (non-hydrogen) atoms. The summed E-state index contributed by atoms with van der Waals surface area (Å²) in [6, 6.07) is 0. The van der Waals surface area contributed by atoms with Gasteiger partial charge >= 0.3 is 0 Å². The van der Waals surface area contributed by atoms with Crippen LogP contribution in [0.1, 0.15) is 33.6 Å². The third-order valence-corrected chi connectivity index (χ3v) is 5.05. The van der Waals surface area contributed by atoms with Crippen LogP contribution in [0, 0.1) is 17.3 Å². The van der Waals surface area contributed by atoms with Crippen LogP contribution in [-0.4, -0.2) is 28.2 Å². The summed E-state index contributed by atoms with van der Waals surface area (Å²) in [6.07, 6.45) is 1.46. The quantitative estimate of drug-likeness (QED) is 0.698. The molecular weight excluding hydrogens is 228 g/mol. The smallest absolute Gasteiger partial charge is 0.184 e. The molecule has 0 saturated heterocycles. The van der Waals surface area contributed by atoms with Crippen molar-refractivity contribution in [2.75, 3.05) is 0 Å². The first-order valence-electron chi connectivity index (χ1n) is 6.55. The molecule has 0 radical (unpaired) electrons. The largest absolute Gasteiger partial charge is 0.392 e. The number of hydrogen-bond acceptors (Lipinski definition) is 3. The highest BCUT2D eigenvalue weighted by molar-refractivity contribution is 5.95. The summed E-state index contributed by atoms with van der Waals surface area (Å²) >= 11 is 0. The minimum atomic E-state index is -0.993. The fraction of sp³-hybridized carbons (Fsp3) is 0.667. The van der Waals surface area contributed by atoms with Gasteiger partial charge in [0, 0.05) is 11.3 Å². The lowest BCUT2D eigenvalue weighted by Gasteiger charge is -2.44. The van der Waals surface area contributed by atoms with Crippen LogP contribution in [0.5, 0.6) is 0 Å². The lowest BCUT2D eigenvalue weighted by molar-refractivity contribution is -0.131. The van der Waals surface area contributed by atoms with Crippen molar-refractivity contribution in [2.45, 2.75) is 45.8 Å². The molecule has 0 heterocycles. The summed E-state index contributed by atoms with van der Waals surface area (Å²) in [5.41, 5.74) is 1.51. The Morgan fingerprint density at radius 3 is 2.61 bits per heavy atom. The topological polar surface area (TPSA) is 57.5 Å². The van der Waals surface area contributed by atoms with Gasteiger partial charge in [-0.3, -0.25) is 4.79 Å². The third-order valence-electron chi connectivity index (χ3n) is 5.05. The Balaban J connectivity index is 2.44. The average molecular weight is 250 g/mol. The molecule has 3 heteroatoms. The molecular formula is C15H22O3. The molecule has 2 N–H and O–H groups in total. The predicted octanol–water partition coefficient (Wildman–Crippen LogP) is 1.85. The number of allylic oxidation sites excluding steroid dienone is 1. The van der Waals surface area contributed by atoms with E-state index < -0.39 is 17.6 Å².